The first-order valence-corrected chi connectivity index (χ1v) is 6.92. The number of pyridine rings is 1. The van der Waals surface area contributed by atoms with E-state index in [1.54, 1.807) is 0 Å². The molecule has 2 aromatic rings. The summed E-state index contributed by atoms with van der Waals surface area (Å²) >= 11 is 0. The van der Waals surface area contributed by atoms with E-state index in [4.69, 9.17) is 0 Å². The predicted molar refractivity (Wildman–Crippen MR) is 76.7 cm³/mol. The van der Waals surface area contributed by atoms with Crippen LogP contribution in [-0.2, 0) is 0 Å². The van der Waals surface area contributed by atoms with Crippen LogP contribution >= 0.6 is 0 Å². The van der Waals surface area contributed by atoms with Gasteiger partial charge in [0.05, 0.1) is 0 Å². The highest BCUT2D eigenvalue weighted by atomic mass is 15.0. The van der Waals surface area contributed by atoms with Crippen LogP contribution in [0.3, 0.4) is 0 Å². The molecule has 2 atom stereocenters. The zero-order chi connectivity index (χ0) is 12.4. The number of benzene rings is 1. The normalized spacial score (nSPS) is 23.4. The monoisotopic (exact) mass is 240 g/mol. The third kappa shape index (κ3) is 2.20. The van der Waals surface area contributed by atoms with Gasteiger partial charge in [-0.15, -0.1) is 0 Å². The summed E-state index contributed by atoms with van der Waals surface area (Å²) in [5.74, 6) is 2.70. The average Bonchev–Trinajstić information content (AvgIpc) is 2.82. The highest BCUT2D eigenvalue weighted by molar-refractivity contribution is 5.91. The largest absolute Gasteiger partial charge is 0.369 e. The van der Waals surface area contributed by atoms with Crippen LogP contribution in [0, 0.1) is 11.8 Å². The molecule has 3 rings (SSSR count). The molecule has 0 saturated heterocycles. The van der Waals surface area contributed by atoms with E-state index in [1.807, 2.05) is 6.20 Å². The number of nitrogens with one attached hydrogen (secondary N) is 1. The molecule has 0 amide bonds. The quantitative estimate of drug-likeness (QED) is 0.874. The topological polar surface area (TPSA) is 24.9 Å². The Morgan fingerprint density at radius 3 is 2.94 bits per heavy atom. The smallest absolute Gasteiger partial charge is 0.133 e. The van der Waals surface area contributed by atoms with Crippen LogP contribution in [0.5, 0.6) is 0 Å². The van der Waals surface area contributed by atoms with E-state index in [0.717, 1.165) is 24.2 Å². The Kier molecular flexibility index (Phi) is 3.18. The van der Waals surface area contributed by atoms with Gasteiger partial charge in [-0.1, -0.05) is 44.0 Å². The SMILES string of the molecule is CC1CCCC1CNc1nccc2ccccc12. The number of hydrogen-bond acceptors (Lipinski definition) is 2. The van der Waals surface area contributed by atoms with Crippen molar-refractivity contribution in [2.24, 2.45) is 11.8 Å². The maximum Gasteiger partial charge on any atom is 0.133 e. The lowest BCUT2D eigenvalue weighted by Gasteiger charge is -2.17. The third-order valence-corrected chi connectivity index (χ3v) is 4.24. The fraction of sp³-hybridized carbons (Fsp3) is 0.438. The maximum atomic E-state index is 4.48. The van der Waals surface area contributed by atoms with Gasteiger partial charge in [-0.3, -0.25) is 0 Å². The molecule has 1 N–H and O–H groups in total. The molecule has 2 unspecified atom stereocenters. The summed E-state index contributed by atoms with van der Waals surface area (Å²) in [6, 6.07) is 10.5. The summed E-state index contributed by atoms with van der Waals surface area (Å²) in [5, 5.41) is 6.04. The summed E-state index contributed by atoms with van der Waals surface area (Å²) in [7, 11) is 0. The maximum absolute atomic E-state index is 4.48. The molecule has 0 aliphatic heterocycles. The van der Waals surface area contributed by atoms with Crippen LogP contribution in [0.4, 0.5) is 5.82 Å². The molecule has 1 aromatic carbocycles. The molecule has 1 fully saturated rings. The molecule has 94 valence electrons. The first kappa shape index (κ1) is 11.5. The second-order valence-electron chi connectivity index (χ2n) is 5.43. The molecule has 0 spiro atoms. The van der Waals surface area contributed by atoms with Gasteiger partial charge in [-0.2, -0.15) is 0 Å². The van der Waals surface area contributed by atoms with Crippen molar-refractivity contribution < 1.29 is 0 Å². The molecule has 0 bridgehead atoms. The van der Waals surface area contributed by atoms with E-state index in [1.165, 1.54) is 30.0 Å². The Morgan fingerprint density at radius 2 is 2.11 bits per heavy atom. The van der Waals surface area contributed by atoms with Crippen LogP contribution in [-0.4, -0.2) is 11.5 Å². The van der Waals surface area contributed by atoms with Crippen LogP contribution in [0.25, 0.3) is 10.8 Å². The third-order valence-electron chi connectivity index (χ3n) is 4.24. The van der Waals surface area contributed by atoms with E-state index < -0.39 is 0 Å². The molecule has 2 heteroatoms. The number of anilines is 1. The van der Waals surface area contributed by atoms with Crippen molar-refractivity contribution >= 4 is 16.6 Å². The first-order valence-electron chi connectivity index (χ1n) is 6.92. The second kappa shape index (κ2) is 4.97. The molecule has 0 radical (unpaired) electrons. The van der Waals surface area contributed by atoms with Gasteiger partial charge in [0.15, 0.2) is 0 Å². The molecule has 18 heavy (non-hydrogen) atoms. The Hall–Kier alpha value is -1.57. The summed E-state index contributed by atoms with van der Waals surface area (Å²) in [6.45, 7) is 3.43. The van der Waals surface area contributed by atoms with E-state index >= 15 is 0 Å². The minimum absolute atomic E-state index is 0.811. The lowest BCUT2D eigenvalue weighted by Crippen LogP contribution is -2.17. The molecular formula is C16H20N2. The highest BCUT2D eigenvalue weighted by Gasteiger charge is 2.23. The molecule has 1 aliphatic carbocycles. The summed E-state index contributed by atoms with van der Waals surface area (Å²) in [4.78, 5) is 4.48. The lowest BCUT2D eigenvalue weighted by molar-refractivity contribution is 0.439. The minimum atomic E-state index is 0.811. The summed E-state index contributed by atoms with van der Waals surface area (Å²) < 4.78 is 0. The van der Waals surface area contributed by atoms with Crippen LogP contribution in [0.15, 0.2) is 36.5 Å². The molecular weight excluding hydrogens is 220 g/mol. The molecule has 1 aromatic heterocycles. The Bertz CT molecular complexity index is 530. The van der Waals surface area contributed by atoms with E-state index in [-0.39, 0.29) is 0 Å². The standard InChI is InChI=1S/C16H20N2/c1-12-5-4-7-14(12)11-18-16-15-8-3-2-6-13(15)9-10-17-16/h2-3,6,8-10,12,14H,4-5,7,11H2,1H3,(H,17,18). The fourth-order valence-electron chi connectivity index (χ4n) is 3.01. The van der Waals surface area contributed by atoms with E-state index in [2.05, 4.69) is 47.6 Å². The molecule has 2 nitrogen and oxygen atoms in total. The zero-order valence-electron chi connectivity index (χ0n) is 10.9. The Morgan fingerprint density at radius 1 is 1.22 bits per heavy atom. The Labute approximate surface area is 108 Å². The van der Waals surface area contributed by atoms with Crippen molar-refractivity contribution in [2.45, 2.75) is 26.2 Å². The number of hydrogen-bond donors (Lipinski definition) is 1. The molecule has 1 heterocycles. The van der Waals surface area contributed by atoms with Crippen molar-refractivity contribution in [3.63, 3.8) is 0 Å². The number of fused-ring (bicyclic) bond motifs is 1. The van der Waals surface area contributed by atoms with Crippen molar-refractivity contribution in [2.75, 3.05) is 11.9 Å². The van der Waals surface area contributed by atoms with Crippen LogP contribution in [0.2, 0.25) is 0 Å². The lowest BCUT2D eigenvalue weighted by atomic mass is 9.98. The average molecular weight is 240 g/mol. The highest BCUT2D eigenvalue weighted by Crippen LogP contribution is 2.31. The van der Waals surface area contributed by atoms with Gasteiger partial charge in [-0.25, -0.2) is 4.98 Å². The van der Waals surface area contributed by atoms with Crippen molar-refractivity contribution in [1.82, 2.24) is 4.98 Å². The van der Waals surface area contributed by atoms with Crippen LogP contribution in [0.1, 0.15) is 26.2 Å². The number of nitrogens with zero attached hydrogens (tertiary/aromatic N) is 1. The van der Waals surface area contributed by atoms with Crippen molar-refractivity contribution in [1.29, 1.82) is 0 Å². The number of rotatable bonds is 3. The molecule has 1 aliphatic rings. The molecule has 1 saturated carbocycles. The van der Waals surface area contributed by atoms with Gasteiger partial charge < -0.3 is 5.32 Å². The van der Waals surface area contributed by atoms with Crippen LogP contribution < -0.4 is 5.32 Å². The van der Waals surface area contributed by atoms with Gasteiger partial charge in [0.2, 0.25) is 0 Å². The van der Waals surface area contributed by atoms with E-state index in [9.17, 15) is 0 Å². The number of aromatic nitrogens is 1. The predicted octanol–water partition coefficient (Wildman–Crippen LogP) is 4.08. The van der Waals surface area contributed by atoms with Crippen molar-refractivity contribution in [3.8, 4) is 0 Å². The first-order chi connectivity index (χ1) is 8.84. The zero-order valence-corrected chi connectivity index (χ0v) is 10.9. The van der Waals surface area contributed by atoms with Gasteiger partial charge in [0.25, 0.3) is 0 Å². The summed E-state index contributed by atoms with van der Waals surface area (Å²) in [5.41, 5.74) is 0. The minimum Gasteiger partial charge on any atom is -0.369 e. The van der Waals surface area contributed by atoms with E-state index in [0.29, 0.717) is 0 Å². The van der Waals surface area contributed by atoms with Gasteiger partial charge in [0, 0.05) is 18.1 Å². The second-order valence-corrected chi connectivity index (χ2v) is 5.43. The fourth-order valence-corrected chi connectivity index (χ4v) is 3.01. The summed E-state index contributed by atoms with van der Waals surface area (Å²) in [6.07, 6.45) is 6.02. The van der Waals surface area contributed by atoms with Crippen molar-refractivity contribution in [3.05, 3.63) is 36.5 Å². The Balaban J connectivity index is 1.78. The van der Waals surface area contributed by atoms with Gasteiger partial charge in [-0.05, 0) is 29.7 Å². The van der Waals surface area contributed by atoms with Gasteiger partial charge in [0.1, 0.15) is 5.82 Å². The van der Waals surface area contributed by atoms with Gasteiger partial charge >= 0.3 is 0 Å².